The zero-order valence-electron chi connectivity index (χ0n) is 21.3. The van der Waals surface area contributed by atoms with E-state index in [9.17, 15) is 14.4 Å². The Hall–Kier alpha value is -2.21. The van der Waals surface area contributed by atoms with Crippen molar-refractivity contribution >= 4 is 17.9 Å². The Morgan fingerprint density at radius 2 is 1.33 bits per heavy atom. The van der Waals surface area contributed by atoms with E-state index in [1.165, 1.54) is 76.3 Å². The molecule has 0 radical (unpaired) electrons. The molecular formula is C27H46NO5+. The molecule has 6 nitrogen and oxygen atoms in total. The number of ether oxygens (including phenoxy) is 1. The first-order valence-electron chi connectivity index (χ1n) is 12.4. The van der Waals surface area contributed by atoms with E-state index in [4.69, 9.17) is 5.11 Å². The maximum Gasteiger partial charge on any atom is 0.314 e. The number of benzene rings is 1. The van der Waals surface area contributed by atoms with Crippen LogP contribution >= 0.6 is 0 Å². The Bertz CT molecular complexity index is 658. The molecule has 0 aliphatic carbocycles. The lowest BCUT2D eigenvalue weighted by molar-refractivity contribution is -0.903. The average Bonchev–Trinajstić information content (AvgIpc) is 2.74. The van der Waals surface area contributed by atoms with Crippen molar-refractivity contribution in [2.24, 2.45) is 0 Å². The fourth-order valence-corrected chi connectivity index (χ4v) is 3.60. The molecule has 0 heterocycles. The summed E-state index contributed by atoms with van der Waals surface area (Å²) >= 11 is 0. The van der Waals surface area contributed by atoms with Crippen LogP contribution in [0.15, 0.2) is 30.3 Å². The van der Waals surface area contributed by atoms with Crippen molar-refractivity contribution in [2.45, 2.75) is 97.4 Å². The molecule has 33 heavy (non-hydrogen) atoms. The summed E-state index contributed by atoms with van der Waals surface area (Å²) in [6, 6.07) is 10.9. The van der Waals surface area contributed by atoms with Gasteiger partial charge < -0.3 is 14.3 Å². The number of quaternary nitrogens is 1. The van der Waals surface area contributed by atoms with Gasteiger partial charge >= 0.3 is 17.9 Å². The summed E-state index contributed by atoms with van der Waals surface area (Å²) in [5.41, 5.74) is 1.46. The fourth-order valence-electron chi connectivity index (χ4n) is 3.60. The minimum Gasteiger partial charge on any atom is -0.481 e. The molecule has 0 aliphatic rings. The first-order valence-corrected chi connectivity index (χ1v) is 12.4. The highest BCUT2D eigenvalue weighted by atomic mass is 16.6. The Balaban J connectivity index is 0.000000785. The molecule has 0 bridgehead atoms. The zero-order chi connectivity index (χ0) is 25.0. The Labute approximate surface area is 200 Å². The second kappa shape index (κ2) is 19.3. The van der Waals surface area contributed by atoms with Crippen LogP contribution in [0, 0.1) is 0 Å². The monoisotopic (exact) mass is 464 g/mol. The Morgan fingerprint density at radius 1 is 0.818 bits per heavy atom. The number of aliphatic carboxylic acids is 1. The average molecular weight is 465 g/mol. The van der Waals surface area contributed by atoms with Gasteiger partial charge in [-0.1, -0.05) is 88.6 Å². The van der Waals surface area contributed by atoms with Crippen molar-refractivity contribution in [1.29, 1.82) is 0 Å². The third-order valence-corrected chi connectivity index (χ3v) is 5.37. The standard InChI is InChI=1S/C21H38N.C6H8O5/c1-4-5-6-7-8-9-10-11-12-16-19-22(2,3)20-21-17-14-13-15-18-21;1-4(7)11-6(10)3-2-5(8)9/h13-15,17-18H,4-12,16,19-20H2,1-3H3;2-3H2,1H3,(H,8,9)/q+1;. The molecule has 0 spiro atoms. The minimum atomic E-state index is -1.09. The topological polar surface area (TPSA) is 80.7 Å². The quantitative estimate of drug-likeness (QED) is 0.138. The highest BCUT2D eigenvalue weighted by molar-refractivity contribution is 5.85. The number of carboxylic acid groups (broad SMARTS) is 1. The fraction of sp³-hybridized carbons (Fsp3) is 0.667. The molecule has 0 aliphatic heterocycles. The van der Waals surface area contributed by atoms with Gasteiger partial charge in [-0.05, 0) is 12.8 Å². The summed E-state index contributed by atoms with van der Waals surface area (Å²) in [4.78, 5) is 30.5. The van der Waals surface area contributed by atoms with Crippen LogP contribution in [-0.2, 0) is 25.7 Å². The lowest BCUT2D eigenvalue weighted by Crippen LogP contribution is -2.39. The molecule has 188 valence electrons. The van der Waals surface area contributed by atoms with Gasteiger partial charge in [0.25, 0.3) is 0 Å². The SMILES string of the molecule is CC(=O)OC(=O)CCC(=O)O.CCCCCCCCCCCC[N+](C)(C)Cc1ccccc1. The first-order chi connectivity index (χ1) is 15.7. The number of hydrogen-bond acceptors (Lipinski definition) is 4. The van der Waals surface area contributed by atoms with Gasteiger partial charge in [-0.15, -0.1) is 0 Å². The van der Waals surface area contributed by atoms with Gasteiger partial charge in [0, 0.05) is 12.5 Å². The lowest BCUT2D eigenvalue weighted by Gasteiger charge is -2.30. The van der Waals surface area contributed by atoms with Crippen LogP contribution in [0.1, 0.15) is 96.5 Å². The first kappa shape index (κ1) is 30.8. The molecule has 0 unspecified atom stereocenters. The second-order valence-electron chi connectivity index (χ2n) is 9.34. The van der Waals surface area contributed by atoms with Crippen molar-refractivity contribution in [2.75, 3.05) is 20.6 Å². The van der Waals surface area contributed by atoms with Crippen LogP contribution in [0.2, 0.25) is 0 Å². The summed E-state index contributed by atoms with van der Waals surface area (Å²) in [5, 5.41) is 8.10. The second-order valence-corrected chi connectivity index (χ2v) is 9.34. The molecule has 0 saturated heterocycles. The van der Waals surface area contributed by atoms with Crippen molar-refractivity contribution < 1.29 is 28.7 Å². The van der Waals surface area contributed by atoms with Crippen LogP contribution in [-0.4, -0.2) is 48.1 Å². The number of carbonyl (C=O) groups is 3. The summed E-state index contributed by atoms with van der Waals surface area (Å²) in [6.07, 6.45) is 13.7. The van der Waals surface area contributed by atoms with E-state index in [1.807, 2.05) is 0 Å². The van der Waals surface area contributed by atoms with Gasteiger partial charge in [0.05, 0.1) is 33.5 Å². The molecule has 0 saturated carbocycles. The van der Waals surface area contributed by atoms with Crippen LogP contribution in [0.4, 0.5) is 0 Å². The summed E-state index contributed by atoms with van der Waals surface area (Å²) in [7, 11) is 4.72. The molecule has 1 aromatic rings. The largest absolute Gasteiger partial charge is 0.481 e. The molecule has 0 atom stereocenters. The number of nitrogens with zero attached hydrogens (tertiary/aromatic N) is 1. The number of carbonyl (C=O) groups excluding carboxylic acids is 2. The van der Waals surface area contributed by atoms with E-state index in [1.54, 1.807) is 0 Å². The smallest absolute Gasteiger partial charge is 0.314 e. The molecule has 1 N–H and O–H groups in total. The summed E-state index contributed by atoms with van der Waals surface area (Å²) in [5.74, 6) is -2.62. The van der Waals surface area contributed by atoms with Gasteiger partial charge in [-0.25, -0.2) is 0 Å². The summed E-state index contributed by atoms with van der Waals surface area (Å²) < 4.78 is 5.17. The molecule has 0 aromatic heterocycles. The van der Waals surface area contributed by atoms with Crippen LogP contribution in [0.25, 0.3) is 0 Å². The number of hydrogen-bond donors (Lipinski definition) is 1. The lowest BCUT2D eigenvalue weighted by atomic mass is 10.1. The van der Waals surface area contributed by atoms with Gasteiger partial charge in [0.1, 0.15) is 6.54 Å². The van der Waals surface area contributed by atoms with E-state index in [0.717, 1.165) is 18.0 Å². The van der Waals surface area contributed by atoms with Gasteiger partial charge in [0.15, 0.2) is 0 Å². The van der Waals surface area contributed by atoms with Crippen LogP contribution in [0.5, 0.6) is 0 Å². The van der Waals surface area contributed by atoms with Crippen molar-refractivity contribution in [3.63, 3.8) is 0 Å². The molecule has 0 fully saturated rings. The van der Waals surface area contributed by atoms with E-state index < -0.39 is 17.9 Å². The maximum absolute atomic E-state index is 10.5. The number of rotatable bonds is 16. The highest BCUT2D eigenvalue weighted by Gasteiger charge is 2.14. The van der Waals surface area contributed by atoms with E-state index in [2.05, 4.69) is 56.1 Å². The highest BCUT2D eigenvalue weighted by Crippen LogP contribution is 2.14. The zero-order valence-corrected chi connectivity index (χ0v) is 21.3. The number of carboxylic acids is 1. The predicted octanol–water partition coefficient (Wildman–Crippen LogP) is 6.12. The third-order valence-electron chi connectivity index (χ3n) is 5.37. The third kappa shape index (κ3) is 21.4. The van der Waals surface area contributed by atoms with Gasteiger partial charge in [0.2, 0.25) is 0 Å². The van der Waals surface area contributed by atoms with Gasteiger partial charge in [-0.3, -0.25) is 14.4 Å². The van der Waals surface area contributed by atoms with Gasteiger partial charge in [-0.2, -0.15) is 0 Å². The van der Waals surface area contributed by atoms with Crippen molar-refractivity contribution in [3.05, 3.63) is 35.9 Å². The van der Waals surface area contributed by atoms with E-state index >= 15 is 0 Å². The Kier molecular flexibility index (Phi) is 18.0. The summed E-state index contributed by atoms with van der Waals surface area (Å²) in [6.45, 7) is 5.82. The van der Waals surface area contributed by atoms with Crippen LogP contribution in [0.3, 0.4) is 0 Å². The van der Waals surface area contributed by atoms with E-state index in [0.29, 0.717) is 0 Å². The number of esters is 2. The molecule has 1 rings (SSSR count). The van der Waals surface area contributed by atoms with Crippen molar-refractivity contribution in [1.82, 2.24) is 0 Å². The normalized spacial score (nSPS) is 10.8. The molecule has 0 amide bonds. The number of unbranched alkanes of at least 4 members (excludes halogenated alkanes) is 9. The minimum absolute atomic E-state index is 0.269. The van der Waals surface area contributed by atoms with E-state index in [-0.39, 0.29) is 12.8 Å². The van der Waals surface area contributed by atoms with Crippen LogP contribution < -0.4 is 0 Å². The maximum atomic E-state index is 10.5. The van der Waals surface area contributed by atoms with Crippen molar-refractivity contribution in [3.8, 4) is 0 Å². The molecule has 1 aromatic carbocycles. The molecular weight excluding hydrogens is 418 g/mol. The molecule has 6 heteroatoms. The predicted molar refractivity (Wildman–Crippen MR) is 133 cm³/mol. The Morgan fingerprint density at radius 3 is 1.82 bits per heavy atom.